The van der Waals surface area contributed by atoms with Crippen LogP contribution < -0.4 is 5.32 Å². The number of nitrogens with one attached hydrogen (secondary N) is 1. The van der Waals surface area contributed by atoms with E-state index in [1.54, 1.807) is 26.0 Å². The van der Waals surface area contributed by atoms with Crippen LogP contribution in [0.1, 0.15) is 35.3 Å². The summed E-state index contributed by atoms with van der Waals surface area (Å²) in [4.78, 5) is 12.0. The van der Waals surface area contributed by atoms with Crippen LogP contribution >= 0.6 is 11.6 Å². The van der Waals surface area contributed by atoms with Gasteiger partial charge in [0.1, 0.15) is 0 Å². The first-order chi connectivity index (χ1) is 7.76. The molecule has 0 spiro atoms. The number of hydrogen-bond donors (Lipinski definition) is 2. The molecule has 17 heavy (non-hydrogen) atoms. The van der Waals surface area contributed by atoms with E-state index in [0.29, 0.717) is 10.6 Å². The molecular weight excluding hydrogens is 238 g/mol. The lowest BCUT2D eigenvalue weighted by Gasteiger charge is -2.24. The maximum atomic E-state index is 12.0. The van der Waals surface area contributed by atoms with E-state index in [9.17, 15) is 4.79 Å². The number of amides is 1. The van der Waals surface area contributed by atoms with Crippen molar-refractivity contribution >= 4 is 17.5 Å². The van der Waals surface area contributed by atoms with Gasteiger partial charge in [-0.1, -0.05) is 11.6 Å². The molecule has 1 aromatic carbocycles. The monoisotopic (exact) mass is 255 g/mol. The molecule has 0 bridgehead atoms. The summed E-state index contributed by atoms with van der Waals surface area (Å²) >= 11 is 6.05. The second-order valence-corrected chi connectivity index (χ2v) is 5.32. The van der Waals surface area contributed by atoms with Gasteiger partial charge in [-0.25, -0.2) is 0 Å². The van der Waals surface area contributed by atoms with Crippen LogP contribution in [0, 0.1) is 13.8 Å². The average Bonchev–Trinajstić information content (AvgIpc) is 2.22. The number of aliphatic hydroxyl groups is 1. The molecule has 1 aromatic rings. The fraction of sp³-hybridized carbons (Fsp3) is 0.462. The van der Waals surface area contributed by atoms with Crippen LogP contribution in [0.4, 0.5) is 0 Å². The maximum absolute atomic E-state index is 12.0. The van der Waals surface area contributed by atoms with Gasteiger partial charge in [0.15, 0.2) is 0 Å². The molecule has 1 rings (SSSR count). The zero-order chi connectivity index (χ0) is 13.2. The van der Waals surface area contributed by atoms with Gasteiger partial charge in [-0.3, -0.25) is 4.79 Å². The third-order valence-electron chi connectivity index (χ3n) is 2.68. The van der Waals surface area contributed by atoms with Crippen LogP contribution in [0.3, 0.4) is 0 Å². The van der Waals surface area contributed by atoms with Crippen molar-refractivity contribution < 1.29 is 9.90 Å². The van der Waals surface area contributed by atoms with E-state index in [4.69, 9.17) is 16.7 Å². The predicted octanol–water partition coefficient (Wildman–Crippen LogP) is 2.46. The van der Waals surface area contributed by atoms with E-state index in [-0.39, 0.29) is 12.5 Å². The molecule has 1 amide bonds. The van der Waals surface area contributed by atoms with Crippen molar-refractivity contribution in [1.82, 2.24) is 5.32 Å². The van der Waals surface area contributed by atoms with E-state index >= 15 is 0 Å². The zero-order valence-electron chi connectivity index (χ0n) is 10.6. The standard InChI is InChI=1S/C13H18ClNO2/c1-8-5-10(11(14)6-9(8)2)12(17)15-13(3,4)7-16/h5-6,16H,7H2,1-4H3,(H,15,17). The normalized spacial score (nSPS) is 11.4. The fourth-order valence-corrected chi connectivity index (χ4v) is 1.67. The summed E-state index contributed by atoms with van der Waals surface area (Å²) in [5.74, 6) is -0.267. The molecule has 0 heterocycles. The molecule has 0 aliphatic heterocycles. The Morgan fingerprint density at radius 3 is 2.41 bits per heavy atom. The van der Waals surface area contributed by atoms with Crippen molar-refractivity contribution in [2.24, 2.45) is 0 Å². The van der Waals surface area contributed by atoms with Gasteiger partial charge in [0.05, 0.1) is 22.7 Å². The average molecular weight is 256 g/mol. The summed E-state index contributed by atoms with van der Waals surface area (Å²) in [6, 6.07) is 3.54. The number of hydrogen-bond acceptors (Lipinski definition) is 2. The lowest BCUT2D eigenvalue weighted by atomic mass is 10.0. The number of aryl methyl sites for hydroxylation is 2. The number of carbonyl (C=O) groups is 1. The van der Waals surface area contributed by atoms with Gasteiger partial charge >= 0.3 is 0 Å². The summed E-state index contributed by atoms with van der Waals surface area (Å²) < 4.78 is 0. The summed E-state index contributed by atoms with van der Waals surface area (Å²) in [5.41, 5.74) is 1.85. The Morgan fingerprint density at radius 1 is 1.35 bits per heavy atom. The molecule has 94 valence electrons. The molecule has 0 aromatic heterocycles. The van der Waals surface area contributed by atoms with E-state index in [0.717, 1.165) is 11.1 Å². The van der Waals surface area contributed by atoms with Gasteiger partial charge in [0, 0.05) is 0 Å². The molecule has 0 aliphatic rings. The number of aliphatic hydroxyl groups excluding tert-OH is 1. The van der Waals surface area contributed by atoms with Gasteiger partial charge < -0.3 is 10.4 Å². The molecule has 2 N–H and O–H groups in total. The van der Waals surface area contributed by atoms with Crippen LogP contribution in [-0.4, -0.2) is 23.2 Å². The molecule has 0 saturated heterocycles. The lowest BCUT2D eigenvalue weighted by molar-refractivity contribution is 0.0869. The molecule has 4 heteroatoms. The quantitative estimate of drug-likeness (QED) is 0.872. The lowest BCUT2D eigenvalue weighted by Crippen LogP contribution is -2.46. The Balaban J connectivity index is 3.01. The number of carbonyl (C=O) groups excluding carboxylic acids is 1. The maximum Gasteiger partial charge on any atom is 0.253 e. The van der Waals surface area contributed by atoms with Gasteiger partial charge in [-0.05, 0) is 51.0 Å². The minimum atomic E-state index is -0.654. The fourth-order valence-electron chi connectivity index (χ4n) is 1.37. The third-order valence-corrected chi connectivity index (χ3v) is 2.99. The van der Waals surface area contributed by atoms with E-state index < -0.39 is 5.54 Å². The van der Waals surface area contributed by atoms with Crippen LogP contribution in [0.15, 0.2) is 12.1 Å². The topological polar surface area (TPSA) is 49.3 Å². The van der Waals surface area contributed by atoms with Gasteiger partial charge in [-0.15, -0.1) is 0 Å². The highest BCUT2D eigenvalue weighted by atomic mass is 35.5. The van der Waals surface area contributed by atoms with Gasteiger partial charge in [0.2, 0.25) is 0 Å². The van der Waals surface area contributed by atoms with E-state index in [2.05, 4.69) is 5.32 Å². The van der Waals surface area contributed by atoms with Crippen LogP contribution in [-0.2, 0) is 0 Å². The summed E-state index contributed by atoms with van der Waals surface area (Å²) in [7, 11) is 0. The van der Waals surface area contributed by atoms with Crippen molar-refractivity contribution in [2.45, 2.75) is 33.2 Å². The minimum absolute atomic E-state index is 0.124. The summed E-state index contributed by atoms with van der Waals surface area (Å²) in [5, 5.41) is 12.3. The number of benzene rings is 1. The van der Waals surface area contributed by atoms with Crippen molar-refractivity contribution in [3.8, 4) is 0 Å². The molecule has 0 atom stereocenters. The van der Waals surface area contributed by atoms with Gasteiger partial charge in [0.25, 0.3) is 5.91 Å². The molecule has 0 radical (unpaired) electrons. The van der Waals surface area contributed by atoms with E-state index in [1.165, 1.54) is 0 Å². The highest BCUT2D eigenvalue weighted by molar-refractivity contribution is 6.34. The first kappa shape index (κ1) is 14.0. The first-order valence-electron chi connectivity index (χ1n) is 5.47. The molecule has 0 unspecified atom stereocenters. The van der Waals surface area contributed by atoms with Crippen LogP contribution in [0.5, 0.6) is 0 Å². The molecule has 0 aliphatic carbocycles. The second kappa shape index (κ2) is 5.07. The molecule has 0 saturated carbocycles. The third kappa shape index (κ3) is 3.45. The first-order valence-corrected chi connectivity index (χ1v) is 5.85. The Hall–Kier alpha value is -1.06. The molecule has 0 fully saturated rings. The highest BCUT2D eigenvalue weighted by Gasteiger charge is 2.21. The Kier molecular flexibility index (Phi) is 4.17. The summed E-state index contributed by atoms with van der Waals surface area (Å²) in [6.07, 6.45) is 0. The Bertz CT molecular complexity index is 441. The largest absolute Gasteiger partial charge is 0.394 e. The predicted molar refractivity (Wildman–Crippen MR) is 69.6 cm³/mol. The van der Waals surface area contributed by atoms with Crippen molar-refractivity contribution in [3.63, 3.8) is 0 Å². The van der Waals surface area contributed by atoms with Crippen molar-refractivity contribution in [2.75, 3.05) is 6.61 Å². The smallest absolute Gasteiger partial charge is 0.253 e. The minimum Gasteiger partial charge on any atom is -0.394 e. The highest BCUT2D eigenvalue weighted by Crippen LogP contribution is 2.21. The zero-order valence-corrected chi connectivity index (χ0v) is 11.4. The van der Waals surface area contributed by atoms with E-state index in [1.807, 2.05) is 13.8 Å². The number of halogens is 1. The van der Waals surface area contributed by atoms with Gasteiger partial charge in [-0.2, -0.15) is 0 Å². The Morgan fingerprint density at radius 2 is 1.88 bits per heavy atom. The SMILES string of the molecule is Cc1cc(Cl)c(C(=O)NC(C)(C)CO)cc1C. The molecular formula is C13H18ClNO2. The van der Waals surface area contributed by atoms with Crippen molar-refractivity contribution in [3.05, 3.63) is 33.8 Å². The molecule has 3 nitrogen and oxygen atoms in total. The number of rotatable bonds is 3. The Labute approximate surface area is 107 Å². The second-order valence-electron chi connectivity index (χ2n) is 4.91. The van der Waals surface area contributed by atoms with Crippen LogP contribution in [0.2, 0.25) is 5.02 Å². The van der Waals surface area contributed by atoms with Crippen LogP contribution in [0.25, 0.3) is 0 Å². The summed E-state index contributed by atoms with van der Waals surface area (Å²) in [6.45, 7) is 7.25. The van der Waals surface area contributed by atoms with Crippen molar-refractivity contribution in [1.29, 1.82) is 0 Å².